The van der Waals surface area contributed by atoms with Gasteiger partial charge in [-0.3, -0.25) is 4.79 Å². The number of amides is 1. The van der Waals surface area contributed by atoms with Crippen molar-refractivity contribution >= 4 is 17.7 Å². The van der Waals surface area contributed by atoms with Gasteiger partial charge in [-0.15, -0.1) is 11.8 Å². The van der Waals surface area contributed by atoms with Gasteiger partial charge in [0.2, 0.25) is 5.91 Å². The highest BCUT2D eigenvalue weighted by Crippen LogP contribution is 2.31. The molecule has 0 aliphatic carbocycles. The maximum atomic E-state index is 12.7. The largest absolute Gasteiger partial charge is 0.338 e. The van der Waals surface area contributed by atoms with Crippen LogP contribution in [0, 0.1) is 11.8 Å². The first-order valence-corrected chi connectivity index (χ1v) is 8.73. The molecule has 2 aromatic carbocycles. The lowest BCUT2D eigenvalue weighted by molar-refractivity contribution is -0.131. The third-order valence-corrected chi connectivity index (χ3v) is 5.34. The minimum absolute atomic E-state index is 0.133. The van der Waals surface area contributed by atoms with Gasteiger partial charge in [0.15, 0.2) is 0 Å². The molecule has 0 aromatic heterocycles. The number of nitrogens with zero attached hydrogens (tertiary/aromatic N) is 1. The SMILES string of the molecule is CC1CN(Cc2ccccc2)C(=O)C1CSc1ccccc1. The van der Waals surface area contributed by atoms with Crippen molar-refractivity contribution in [3.63, 3.8) is 0 Å². The molecule has 3 rings (SSSR count). The number of hydrogen-bond donors (Lipinski definition) is 0. The van der Waals surface area contributed by atoms with Gasteiger partial charge in [-0.05, 0) is 23.6 Å². The van der Waals surface area contributed by atoms with Gasteiger partial charge < -0.3 is 4.90 Å². The monoisotopic (exact) mass is 311 g/mol. The quantitative estimate of drug-likeness (QED) is 0.776. The first-order valence-electron chi connectivity index (χ1n) is 7.74. The summed E-state index contributed by atoms with van der Waals surface area (Å²) in [5, 5.41) is 0. The highest BCUT2D eigenvalue weighted by molar-refractivity contribution is 7.99. The van der Waals surface area contributed by atoms with E-state index in [9.17, 15) is 4.79 Å². The zero-order chi connectivity index (χ0) is 15.4. The second-order valence-electron chi connectivity index (χ2n) is 5.91. The molecule has 114 valence electrons. The average Bonchev–Trinajstić information content (AvgIpc) is 2.81. The van der Waals surface area contributed by atoms with E-state index < -0.39 is 0 Å². The van der Waals surface area contributed by atoms with E-state index in [0.717, 1.165) is 18.8 Å². The Balaban J connectivity index is 1.60. The van der Waals surface area contributed by atoms with Crippen molar-refractivity contribution in [2.75, 3.05) is 12.3 Å². The molecule has 2 unspecified atom stereocenters. The van der Waals surface area contributed by atoms with E-state index in [1.54, 1.807) is 11.8 Å². The predicted molar refractivity (Wildman–Crippen MR) is 91.7 cm³/mol. The molecule has 0 radical (unpaired) electrons. The summed E-state index contributed by atoms with van der Waals surface area (Å²) in [6.07, 6.45) is 0. The Kier molecular flexibility index (Phi) is 4.84. The molecule has 3 heteroatoms. The molecule has 1 aliphatic rings. The molecule has 2 nitrogen and oxygen atoms in total. The number of carbonyl (C=O) groups is 1. The number of rotatable bonds is 5. The minimum atomic E-state index is 0.133. The predicted octanol–water partition coefficient (Wildman–Crippen LogP) is 4.07. The molecular formula is C19H21NOS. The van der Waals surface area contributed by atoms with Gasteiger partial charge in [0, 0.05) is 23.7 Å². The van der Waals surface area contributed by atoms with Crippen LogP contribution in [0.1, 0.15) is 12.5 Å². The van der Waals surface area contributed by atoms with Crippen LogP contribution in [0.15, 0.2) is 65.6 Å². The van der Waals surface area contributed by atoms with Crippen molar-refractivity contribution in [1.82, 2.24) is 4.90 Å². The zero-order valence-electron chi connectivity index (χ0n) is 12.8. The van der Waals surface area contributed by atoms with Crippen LogP contribution in [0.3, 0.4) is 0 Å². The molecule has 1 heterocycles. The van der Waals surface area contributed by atoms with Crippen molar-refractivity contribution in [3.8, 4) is 0 Å². The van der Waals surface area contributed by atoms with Crippen LogP contribution in [-0.2, 0) is 11.3 Å². The normalized spacial score (nSPS) is 21.3. The van der Waals surface area contributed by atoms with E-state index in [1.165, 1.54) is 10.5 Å². The summed E-state index contributed by atoms with van der Waals surface area (Å²) < 4.78 is 0. The third-order valence-electron chi connectivity index (χ3n) is 4.21. The Labute approximate surface area is 136 Å². The maximum Gasteiger partial charge on any atom is 0.227 e. The Hall–Kier alpha value is -1.74. The summed E-state index contributed by atoms with van der Waals surface area (Å²) in [6, 6.07) is 20.6. The number of likely N-dealkylation sites (tertiary alicyclic amines) is 1. The fourth-order valence-corrected chi connectivity index (χ4v) is 4.12. The van der Waals surface area contributed by atoms with E-state index >= 15 is 0 Å². The van der Waals surface area contributed by atoms with Crippen LogP contribution in [0.5, 0.6) is 0 Å². The van der Waals surface area contributed by atoms with Crippen molar-refractivity contribution in [3.05, 3.63) is 66.2 Å². The van der Waals surface area contributed by atoms with Gasteiger partial charge >= 0.3 is 0 Å². The van der Waals surface area contributed by atoms with Gasteiger partial charge in [0.05, 0.1) is 5.92 Å². The summed E-state index contributed by atoms with van der Waals surface area (Å²) in [4.78, 5) is 15.9. The molecule has 22 heavy (non-hydrogen) atoms. The van der Waals surface area contributed by atoms with E-state index in [0.29, 0.717) is 11.8 Å². The average molecular weight is 311 g/mol. The Morgan fingerprint density at radius 2 is 1.68 bits per heavy atom. The topological polar surface area (TPSA) is 20.3 Å². The Morgan fingerprint density at radius 3 is 2.36 bits per heavy atom. The maximum absolute atomic E-state index is 12.7. The minimum Gasteiger partial charge on any atom is -0.338 e. The van der Waals surface area contributed by atoms with Crippen molar-refractivity contribution < 1.29 is 4.79 Å². The van der Waals surface area contributed by atoms with Gasteiger partial charge in [-0.1, -0.05) is 55.5 Å². The molecule has 1 aliphatic heterocycles. The Bertz CT molecular complexity index is 614. The van der Waals surface area contributed by atoms with Crippen LogP contribution in [-0.4, -0.2) is 23.1 Å². The first kappa shape index (κ1) is 15.2. The standard InChI is InChI=1S/C19H21NOS/c1-15-12-20(13-16-8-4-2-5-9-16)19(21)18(15)14-22-17-10-6-3-7-11-17/h2-11,15,18H,12-14H2,1H3. The van der Waals surface area contributed by atoms with Crippen molar-refractivity contribution in [2.45, 2.75) is 18.4 Å². The lowest BCUT2D eigenvalue weighted by Gasteiger charge is -2.16. The second-order valence-corrected chi connectivity index (χ2v) is 7.01. The molecule has 0 spiro atoms. The van der Waals surface area contributed by atoms with Crippen LogP contribution < -0.4 is 0 Å². The second kappa shape index (κ2) is 7.01. The highest BCUT2D eigenvalue weighted by atomic mass is 32.2. The third kappa shape index (κ3) is 3.53. The molecule has 2 atom stereocenters. The fraction of sp³-hybridized carbons (Fsp3) is 0.316. The molecular weight excluding hydrogens is 290 g/mol. The molecule has 0 N–H and O–H groups in total. The molecule has 0 bridgehead atoms. The van der Waals surface area contributed by atoms with E-state index in [4.69, 9.17) is 0 Å². The van der Waals surface area contributed by atoms with Gasteiger partial charge in [-0.2, -0.15) is 0 Å². The van der Waals surface area contributed by atoms with E-state index in [1.807, 2.05) is 41.3 Å². The summed E-state index contributed by atoms with van der Waals surface area (Å²) in [5.41, 5.74) is 1.21. The molecule has 0 saturated carbocycles. The zero-order valence-corrected chi connectivity index (χ0v) is 13.6. The van der Waals surface area contributed by atoms with Crippen LogP contribution in [0.2, 0.25) is 0 Å². The van der Waals surface area contributed by atoms with Crippen LogP contribution in [0.25, 0.3) is 0 Å². The highest BCUT2D eigenvalue weighted by Gasteiger charge is 2.37. The lowest BCUT2D eigenvalue weighted by atomic mass is 10.0. The summed E-state index contributed by atoms with van der Waals surface area (Å²) >= 11 is 1.79. The van der Waals surface area contributed by atoms with Crippen molar-refractivity contribution in [2.24, 2.45) is 11.8 Å². The summed E-state index contributed by atoms with van der Waals surface area (Å²) in [5.74, 6) is 1.73. The number of hydrogen-bond acceptors (Lipinski definition) is 2. The van der Waals surface area contributed by atoms with Gasteiger partial charge in [0.1, 0.15) is 0 Å². The lowest BCUT2D eigenvalue weighted by Crippen LogP contribution is -2.27. The molecule has 1 saturated heterocycles. The summed E-state index contributed by atoms with van der Waals surface area (Å²) in [7, 11) is 0. The van der Waals surface area contributed by atoms with Gasteiger partial charge in [0.25, 0.3) is 0 Å². The fourth-order valence-electron chi connectivity index (χ4n) is 2.93. The van der Waals surface area contributed by atoms with Crippen LogP contribution in [0.4, 0.5) is 0 Å². The number of thioether (sulfide) groups is 1. The number of carbonyl (C=O) groups excluding carboxylic acids is 1. The van der Waals surface area contributed by atoms with Gasteiger partial charge in [-0.25, -0.2) is 0 Å². The summed E-state index contributed by atoms with van der Waals surface area (Å²) in [6.45, 7) is 3.80. The van der Waals surface area contributed by atoms with E-state index in [-0.39, 0.29) is 5.92 Å². The Morgan fingerprint density at radius 1 is 1.05 bits per heavy atom. The number of benzene rings is 2. The van der Waals surface area contributed by atoms with Crippen LogP contribution >= 0.6 is 11.8 Å². The van der Waals surface area contributed by atoms with Crippen molar-refractivity contribution in [1.29, 1.82) is 0 Å². The van der Waals surface area contributed by atoms with E-state index in [2.05, 4.69) is 31.2 Å². The molecule has 2 aromatic rings. The smallest absolute Gasteiger partial charge is 0.227 e. The first-order chi connectivity index (χ1) is 10.7. The molecule has 1 fully saturated rings. The molecule has 1 amide bonds.